The van der Waals surface area contributed by atoms with Gasteiger partial charge in [-0.3, -0.25) is 4.79 Å². The molecular weight excluding hydrogens is 338 g/mol. The van der Waals surface area contributed by atoms with Crippen LogP contribution < -0.4 is 0 Å². The molecule has 3 rings (SSSR count). The Morgan fingerprint density at radius 2 is 2.04 bits per heavy atom. The van der Waals surface area contributed by atoms with E-state index < -0.39 is 0 Å². The Hall–Kier alpha value is -1.66. The van der Waals surface area contributed by atoms with Crippen LogP contribution in [0.2, 0.25) is 0 Å². The highest BCUT2D eigenvalue weighted by molar-refractivity contribution is 8.14. The minimum atomic E-state index is -0.104. The van der Waals surface area contributed by atoms with Gasteiger partial charge in [-0.05, 0) is 36.6 Å². The third kappa shape index (κ3) is 3.39. The highest BCUT2D eigenvalue weighted by Crippen LogP contribution is 2.37. The number of carbonyl (C=O) groups is 1. The van der Waals surface area contributed by atoms with E-state index in [1.165, 1.54) is 17.3 Å². The highest BCUT2D eigenvalue weighted by atomic mass is 32.2. The number of benzene rings is 1. The number of thiol groups is 1. The van der Waals surface area contributed by atoms with E-state index in [1.54, 1.807) is 11.1 Å². The van der Waals surface area contributed by atoms with Crippen LogP contribution in [-0.4, -0.2) is 31.8 Å². The minimum Gasteiger partial charge on any atom is -0.317 e. The van der Waals surface area contributed by atoms with Crippen molar-refractivity contribution in [2.45, 2.75) is 31.4 Å². The van der Waals surface area contributed by atoms with Gasteiger partial charge in [-0.15, -0.1) is 12.6 Å². The van der Waals surface area contributed by atoms with E-state index in [9.17, 15) is 4.79 Å². The number of rotatable bonds is 4. The van der Waals surface area contributed by atoms with Crippen molar-refractivity contribution in [2.24, 2.45) is 0 Å². The molecule has 1 aromatic heterocycles. The largest absolute Gasteiger partial charge is 0.317 e. The number of nitrogens with zero attached hydrogens (tertiary/aromatic N) is 3. The first kappa shape index (κ1) is 17.2. The Labute approximate surface area is 152 Å². The van der Waals surface area contributed by atoms with Crippen molar-refractivity contribution in [3.63, 3.8) is 0 Å². The molecule has 1 unspecified atom stereocenters. The van der Waals surface area contributed by atoms with Gasteiger partial charge in [-0.1, -0.05) is 37.7 Å². The number of hydrogen-bond donors (Lipinski definition) is 1. The Kier molecular flexibility index (Phi) is 5.06. The van der Waals surface area contributed by atoms with Crippen LogP contribution in [0.3, 0.4) is 0 Å². The molecule has 126 valence electrons. The second kappa shape index (κ2) is 7.07. The summed E-state index contributed by atoms with van der Waals surface area (Å²) in [4.78, 5) is 14.7. The molecule has 1 aromatic carbocycles. The van der Waals surface area contributed by atoms with Crippen molar-refractivity contribution < 1.29 is 4.79 Å². The quantitative estimate of drug-likeness (QED) is 0.658. The molecule has 0 radical (unpaired) electrons. The van der Waals surface area contributed by atoms with Crippen LogP contribution in [-0.2, 0) is 4.79 Å². The fourth-order valence-corrected chi connectivity index (χ4v) is 4.21. The molecule has 0 aliphatic carbocycles. The van der Waals surface area contributed by atoms with Gasteiger partial charge in [0, 0.05) is 18.3 Å². The molecule has 0 N–H and O–H groups in total. The summed E-state index contributed by atoms with van der Waals surface area (Å²) in [5.41, 5.74) is 3.23. The highest BCUT2D eigenvalue weighted by Gasteiger charge is 2.32. The lowest BCUT2D eigenvalue weighted by Crippen LogP contribution is -2.28. The zero-order chi connectivity index (χ0) is 17.3. The second-order valence-electron chi connectivity index (χ2n) is 6.01. The van der Waals surface area contributed by atoms with Gasteiger partial charge in [0.1, 0.15) is 4.71 Å². The van der Waals surface area contributed by atoms with E-state index in [-0.39, 0.29) is 10.6 Å². The molecule has 0 saturated carbocycles. The number of amides is 1. The Morgan fingerprint density at radius 1 is 1.33 bits per heavy atom. The van der Waals surface area contributed by atoms with Crippen LogP contribution in [0.25, 0.3) is 11.8 Å². The van der Waals surface area contributed by atoms with Gasteiger partial charge in [-0.25, -0.2) is 4.68 Å². The normalized spacial score (nSPS) is 19.7. The predicted octanol–water partition coefficient (Wildman–Crippen LogP) is 4.15. The fourth-order valence-electron chi connectivity index (χ4n) is 2.58. The maximum Gasteiger partial charge on any atom is 0.261 e. The van der Waals surface area contributed by atoms with Crippen LogP contribution in [0.1, 0.15) is 37.8 Å². The standard InChI is InChI=1S/C18H21N3OS2/c1-4-20-17(22)16(24-18(20)23)9-13-10-19-21(11-13)15-7-5-14(6-8-15)12(2)3/h5-12,18,23H,4H2,1-3H3/b16-9-. The van der Waals surface area contributed by atoms with E-state index in [0.29, 0.717) is 17.4 Å². The molecule has 4 nitrogen and oxygen atoms in total. The van der Waals surface area contributed by atoms with Gasteiger partial charge in [-0.2, -0.15) is 5.10 Å². The van der Waals surface area contributed by atoms with E-state index >= 15 is 0 Å². The molecule has 1 aliphatic heterocycles. The third-order valence-corrected chi connectivity index (χ3v) is 5.64. The van der Waals surface area contributed by atoms with Gasteiger partial charge >= 0.3 is 0 Å². The lowest BCUT2D eigenvalue weighted by molar-refractivity contribution is -0.124. The summed E-state index contributed by atoms with van der Waals surface area (Å²) in [5.74, 6) is 0.551. The lowest BCUT2D eigenvalue weighted by Gasteiger charge is -2.15. The van der Waals surface area contributed by atoms with Gasteiger partial charge in [0.05, 0.1) is 16.8 Å². The summed E-state index contributed by atoms with van der Waals surface area (Å²) in [6, 6.07) is 8.39. The SMILES string of the molecule is CCN1C(=O)/C(=C/c2cnn(-c3ccc(C(C)C)cc3)c2)SC1S. The Balaban J connectivity index is 1.81. The lowest BCUT2D eigenvalue weighted by atomic mass is 10.0. The number of likely N-dealkylation sites (N-methyl/N-ethyl adjacent to an activating group) is 1. The molecule has 1 aliphatic rings. The first-order valence-electron chi connectivity index (χ1n) is 8.02. The molecule has 2 aromatic rings. The van der Waals surface area contributed by atoms with E-state index in [4.69, 9.17) is 0 Å². The minimum absolute atomic E-state index is 0.0385. The summed E-state index contributed by atoms with van der Waals surface area (Å²) in [5, 5.41) is 4.41. The van der Waals surface area contributed by atoms with Crippen LogP contribution in [0.4, 0.5) is 0 Å². The van der Waals surface area contributed by atoms with Crippen molar-refractivity contribution >= 4 is 36.4 Å². The molecule has 24 heavy (non-hydrogen) atoms. The predicted molar refractivity (Wildman–Crippen MR) is 103 cm³/mol. The smallest absolute Gasteiger partial charge is 0.261 e. The van der Waals surface area contributed by atoms with Gasteiger partial charge in [0.2, 0.25) is 0 Å². The van der Waals surface area contributed by atoms with Crippen LogP contribution in [0.15, 0.2) is 41.6 Å². The molecule has 2 heterocycles. The van der Waals surface area contributed by atoms with Gasteiger partial charge in [0.15, 0.2) is 0 Å². The van der Waals surface area contributed by atoms with Gasteiger partial charge in [0.25, 0.3) is 5.91 Å². The molecule has 1 fully saturated rings. The molecule has 0 bridgehead atoms. The second-order valence-corrected chi connectivity index (χ2v) is 7.97. The molecule has 1 saturated heterocycles. The monoisotopic (exact) mass is 359 g/mol. The average Bonchev–Trinajstić information content (AvgIpc) is 3.13. The topological polar surface area (TPSA) is 38.1 Å². The van der Waals surface area contributed by atoms with E-state index in [2.05, 4.69) is 55.8 Å². The van der Waals surface area contributed by atoms with Crippen molar-refractivity contribution in [1.82, 2.24) is 14.7 Å². The molecule has 0 spiro atoms. The summed E-state index contributed by atoms with van der Waals surface area (Å²) in [6.07, 6.45) is 5.60. The summed E-state index contributed by atoms with van der Waals surface area (Å²) in [7, 11) is 0. The fraction of sp³-hybridized carbons (Fsp3) is 0.333. The van der Waals surface area contributed by atoms with Crippen LogP contribution in [0.5, 0.6) is 0 Å². The first-order valence-corrected chi connectivity index (χ1v) is 9.41. The van der Waals surface area contributed by atoms with Crippen molar-refractivity contribution in [1.29, 1.82) is 0 Å². The zero-order valence-corrected chi connectivity index (χ0v) is 15.7. The number of hydrogen-bond acceptors (Lipinski definition) is 4. The maximum absolute atomic E-state index is 12.3. The van der Waals surface area contributed by atoms with Crippen LogP contribution >= 0.6 is 24.4 Å². The average molecular weight is 360 g/mol. The Morgan fingerprint density at radius 3 is 2.62 bits per heavy atom. The van der Waals surface area contributed by atoms with E-state index in [1.807, 2.05) is 23.9 Å². The molecule has 1 amide bonds. The Bertz CT molecular complexity index is 765. The molecule has 1 atom stereocenters. The number of thioether (sulfide) groups is 1. The van der Waals surface area contributed by atoms with Crippen molar-refractivity contribution in [2.75, 3.05) is 6.54 Å². The van der Waals surface area contributed by atoms with E-state index in [0.717, 1.165) is 11.3 Å². The number of carbonyl (C=O) groups excluding carboxylic acids is 1. The van der Waals surface area contributed by atoms with Crippen molar-refractivity contribution in [3.8, 4) is 5.69 Å². The third-order valence-electron chi connectivity index (χ3n) is 4.04. The molecule has 6 heteroatoms. The first-order chi connectivity index (χ1) is 11.5. The summed E-state index contributed by atoms with van der Waals surface area (Å²) >= 11 is 5.92. The zero-order valence-electron chi connectivity index (χ0n) is 14.0. The summed E-state index contributed by atoms with van der Waals surface area (Å²) < 4.78 is 1.73. The maximum atomic E-state index is 12.3. The van der Waals surface area contributed by atoms with Crippen LogP contribution in [0, 0.1) is 0 Å². The summed E-state index contributed by atoms with van der Waals surface area (Å²) in [6.45, 7) is 6.98. The molecular formula is C18H21N3OS2. The number of aromatic nitrogens is 2. The van der Waals surface area contributed by atoms with Gasteiger partial charge < -0.3 is 4.90 Å². The van der Waals surface area contributed by atoms with Crippen molar-refractivity contribution in [3.05, 3.63) is 52.7 Å².